The Morgan fingerprint density at radius 3 is 1.21 bits per heavy atom. The summed E-state index contributed by atoms with van der Waals surface area (Å²) in [6, 6.07) is 16.9. The third kappa shape index (κ3) is 4.85. The summed E-state index contributed by atoms with van der Waals surface area (Å²) in [7, 11) is -1.84. The minimum absolute atomic E-state index is 0.330. The van der Waals surface area contributed by atoms with Crippen molar-refractivity contribution in [3.05, 3.63) is 60.7 Å². The lowest BCUT2D eigenvalue weighted by molar-refractivity contribution is 0.596. The maximum atomic E-state index is 12.0. The second-order valence-electron chi connectivity index (χ2n) is 3.13. The number of benzene rings is 2. The van der Waals surface area contributed by atoms with Gasteiger partial charge in [0.05, 0.1) is 9.79 Å². The monoisotopic (exact) mass is 279 g/mol. The van der Waals surface area contributed by atoms with E-state index in [0.717, 1.165) is 0 Å². The molecule has 0 saturated carbocycles. The lowest BCUT2D eigenvalue weighted by Crippen LogP contribution is -2.00. The van der Waals surface area contributed by atoms with Gasteiger partial charge >= 0.3 is 0 Å². The standard InChI is InChI=1S/C12H10O2S.C2H6.CH5N/c13-15(14,11-7-3-1-4-8-11)12-9-5-2-6-10-12;2*1-2/h1-10H;1-2H3;2H2,1H3. The van der Waals surface area contributed by atoms with Gasteiger partial charge < -0.3 is 5.73 Å². The fourth-order valence-corrected chi connectivity index (χ4v) is 2.64. The molecule has 3 nitrogen and oxygen atoms in total. The molecule has 0 heterocycles. The molecule has 2 N–H and O–H groups in total. The second-order valence-corrected chi connectivity index (χ2v) is 5.08. The first-order chi connectivity index (χ1) is 9.21. The summed E-state index contributed by atoms with van der Waals surface area (Å²) in [5.41, 5.74) is 4.50. The van der Waals surface area contributed by atoms with Gasteiger partial charge in [0.1, 0.15) is 0 Å². The number of rotatable bonds is 2. The Labute approximate surface area is 116 Å². The number of nitrogens with two attached hydrogens (primary N) is 1. The lowest BCUT2D eigenvalue weighted by atomic mass is 10.4. The summed E-state index contributed by atoms with van der Waals surface area (Å²) >= 11 is 0. The Hall–Kier alpha value is -1.65. The molecule has 0 spiro atoms. The minimum Gasteiger partial charge on any atom is -0.333 e. The average molecular weight is 279 g/mol. The van der Waals surface area contributed by atoms with Crippen molar-refractivity contribution >= 4 is 9.84 Å². The molecule has 0 bridgehead atoms. The largest absolute Gasteiger partial charge is 0.333 e. The van der Waals surface area contributed by atoms with Crippen LogP contribution in [0.15, 0.2) is 70.5 Å². The van der Waals surface area contributed by atoms with Crippen LogP contribution in [0, 0.1) is 0 Å². The highest BCUT2D eigenvalue weighted by molar-refractivity contribution is 7.91. The van der Waals surface area contributed by atoms with Crippen LogP contribution in [-0.4, -0.2) is 15.5 Å². The van der Waals surface area contributed by atoms with E-state index in [1.807, 2.05) is 13.8 Å². The highest BCUT2D eigenvalue weighted by atomic mass is 32.2. The van der Waals surface area contributed by atoms with E-state index in [-0.39, 0.29) is 0 Å². The molecule has 0 unspecified atom stereocenters. The van der Waals surface area contributed by atoms with Gasteiger partial charge in [0.15, 0.2) is 0 Å². The van der Waals surface area contributed by atoms with E-state index >= 15 is 0 Å². The van der Waals surface area contributed by atoms with Gasteiger partial charge in [-0.3, -0.25) is 0 Å². The molecule has 2 rings (SSSR count). The van der Waals surface area contributed by atoms with Crippen LogP contribution in [0.1, 0.15) is 13.8 Å². The SMILES string of the molecule is CC.CN.O=S(=O)(c1ccccc1)c1ccccc1. The van der Waals surface area contributed by atoms with Gasteiger partial charge in [0, 0.05) is 0 Å². The highest BCUT2D eigenvalue weighted by Crippen LogP contribution is 2.19. The fourth-order valence-electron chi connectivity index (χ4n) is 1.34. The van der Waals surface area contributed by atoms with Crippen molar-refractivity contribution < 1.29 is 8.42 Å². The smallest absolute Gasteiger partial charge is 0.206 e. The van der Waals surface area contributed by atoms with Crippen molar-refractivity contribution in [2.75, 3.05) is 7.05 Å². The van der Waals surface area contributed by atoms with E-state index in [1.54, 1.807) is 60.7 Å². The van der Waals surface area contributed by atoms with Gasteiger partial charge in [-0.05, 0) is 31.3 Å². The van der Waals surface area contributed by atoms with E-state index in [2.05, 4.69) is 5.73 Å². The van der Waals surface area contributed by atoms with Crippen molar-refractivity contribution in [2.24, 2.45) is 5.73 Å². The summed E-state index contributed by atoms with van der Waals surface area (Å²) in [5, 5.41) is 0. The van der Waals surface area contributed by atoms with E-state index in [4.69, 9.17) is 0 Å². The molecule has 0 atom stereocenters. The summed E-state index contributed by atoms with van der Waals surface area (Å²) < 4.78 is 24.1. The number of sulfone groups is 1. The molecule has 0 fully saturated rings. The van der Waals surface area contributed by atoms with Gasteiger partial charge in [-0.25, -0.2) is 8.42 Å². The van der Waals surface area contributed by atoms with Crippen LogP contribution >= 0.6 is 0 Å². The molecule has 0 aliphatic heterocycles. The molecule has 4 heteroatoms. The molecule has 2 aromatic rings. The Morgan fingerprint density at radius 2 is 0.947 bits per heavy atom. The maximum absolute atomic E-state index is 12.0. The van der Waals surface area contributed by atoms with Crippen molar-refractivity contribution in [2.45, 2.75) is 23.6 Å². The van der Waals surface area contributed by atoms with Gasteiger partial charge in [-0.1, -0.05) is 50.2 Å². The van der Waals surface area contributed by atoms with Crippen molar-refractivity contribution in [1.29, 1.82) is 0 Å². The molecule has 0 amide bonds. The first kappa shape index (κ1) is 17.4. The summed E-state index contributed by atoms with van der Waals surface area (Å²) in [5.74, 6) is 0. The van der Waals surface area contributed by atoms with Crippen LogP contribution < -0.4 is 5.73 Å². The van der Waals surface area contributed by atoms with Crippen LogP contribution in [0.3, 0.4) is 0 Å². The van der Waals surface area contributed by atoms with Gasteiger partial charge in [0.2, 0.25) is 9.84 Å². The molecule has 0 aromatic heterocycles. The van der Waals surface area contributed by atoms with Gasteiger partial charge in [-0.2, -0.15) is 0 Å². The molecule has 0 radical (unpaired) electrons. The first-order valence-electron chi connectivity index (χ1n) is 6.14. The maximum Gasteiger partial charge on any atom is 0.206 e. The highest BCUT2D eigenvalue weighted by Gasteiger charge is 2.15. The predicted molar refractivity (Wildman–Crippen MR) is 79.8 cm³/mol. The zero-order chi connectivity index (χ0) is 14.7. The molecule has 0 aliphatic carbocycles. The zero-order valence-electron chi connectivity index (χ0n) is 11.6. The molecule has 0 saturated heterocycles. The third-order valence-corrected chi connectivity index (χ3v) is 3.89. The predicted octanol–water partition coefficient (Wildman–Crippen LogP) is 3.12. The average Bonchev–Trinajstić information content (AvgIpc) is 2.53. The summed E-state index contributed by atoms with van der Waals surface area (Å²) in [6.45, 7) is 4.00. The van der Waals surface area contributed by atoms with Crippen LogP contribution in [0.25, 0.3) is 0 Å². The second kappa shape index (κ2) is 9.30. The molecule has 19 heavy (non-hydrogen) atoms. The molecular formula is C15H21NO2S. The van der Waals surface area contributed by atoms with Crippen molar-refractivity contribution in [1.82, 2.24) is 0 Å². The lowest BCUT2D eigenvalue weighted by Gasteiger charge is -2.03. The summed E-state index contributed by atoms with van der Waals surface area (Å²) in [4.78, 5) is 0.660. The Bertz CT molecular complexity index is 491. The topological polar surface area (TPSA) is 60.2 Å². The Balaban J connectivity index is 0.000000741. The van der Waals surface area contributed by atoms with Gasteiger partial charge in [-0.15, -0.1) is 0 Å². The van der Waals surface area contributed by atoms with Gasteiger partial charge in [0.25, 0.3) is 0 Å². The number of hydrogen-bond acceptors (Lipinski definition) is 3. The molecule has 2 aromatic carbocycles. The fraction of sp³-hybridized carbons (Fsp3) is 0.200. The third-order valence-electron chi connectivity index (χ3n) is 2.11. The summed E-state index contributed by atoms with van der Waals surface area (Å²) in [6.07, 6.45) is 0. The van der Waals surface area contributed by atoms with Crippen LogP contribution in [-0.2, 0) is 9.84 Å². The van der Waals surface area contributed by atoms with E-state index in [9.17, 15) is 8.42 Å². The Morgan fingerprint density at radius 1 is 0.684 bits per heavy atom. The zero-order valence-corrected chi connectivity index (χ0v) is 12.4. The molecular weight excluding hydrogens is 258 g/mol. The van der Waals surface area contributed by atoms with E-state index in [0.29, 0.717) is 9.79 Å². The minimum atomic E-state index is -3.34. The van der Waals surface area contributed by atoms with E-state index in [1.165, 1.54) is 7.05 Å². The van der Waals surface area contributed by atoms with Crippen molar-refractivity contribution in [3.8, 4) is 0 Å². The van der Waals surface area contributed by atoms with E-state index < -0.39 is 9.84 Å². The van der Waals surface area contributed by atoms with Crippen molar-refractivity contribution in [3.63, 3.8) is 0 Å². The Kier molecular flexibility index (Phi) is 8.49. The van der Waals surface area contributed by atoms with Crippen LogP contribution in [0.4, 0.5) is 0 Å². The van der Waals surface area contributed by atoms with Crippen LogP contribution in [0.5, 0.6) is 0 Å². The molecule has 104 valence electrons. The number of hydrogen-bond donors (Lipinski definition) is 1. The normalized spacial score (nSPS) is 9.47. The first-order valence-corrected chi connectivity index (χ1v) is 7.62. The molecule has 0 aliphatic rings. The van der Waals surface area contributed by atoms with Crippen LogP contribution in [0.2, 0.25) is 0 Å². The quantitative estimate of drug-likeness (QED) is 0.918.